The van der Waals surface area contributed by atoms with Gasteiger partial charge in [-0.25, -0.2) is 4.79 Å². The molecule has 1 aromatic carbocycles. The van der Waals surface area contributed by atoms with Crippen LogP contribution < -0.4 is 5.32 Å². The van der Waals surface area contributed by atoms with E-state index in [0.717, 1.165) is 5.56 Å². The molecule has 99 valence electrons. The van der Waals surface area contributed by atoms with Crippen molar-refractivity contribution < 1.29 is 9.53 Å². The third-order valence-corrected chi connectivity index (χ3v) is 2.37. The van der Waals surface area contributed by atoms with Crippen LogP contribution in [0.5, 0.6) is 0 Å². The molecule has 0 aliphatic carbocycles. The minimum absolute atomic E-state index is 0.235. The monoisotopic (exact) mass is 268 g/mol. The van der Waals surface area contributed by atoms with E-state index >= 15 is 0 Å². The maximum atomic E-state index is 11.5. The Balaban J connectivity index is 2.44. The van der Waals surface area contributed by atoms with Crippen LogP contribution in [0.15, 0.2) is 24.3 Å². The fraction of sp³-hybridized carbons (Fsp3) is 0.429. The van der Waals surface area contributed by atoms with E-state index in [0.29, 0.717) is 11.4 Å². The first-order valence-electron chi connectivity index (χ1n) is 5.83. The number of hydrogen-bond acceptors (Lipinski definition) is 2. The van der Waals surface area contributed by atoms with Crippen molar-refractivity contribution in [1.29, 1.82) is 0 Å². The Morgan fingerprint density at radius 3 is 2.44 bits per heavy atom. The third-order valence-electron chi connectivity index (χ3n) is 2.12. The van der Waals surface area contributed by atoms with Crippen molar-refractivity contribution in [3.05, 3.63) is 41.8 Å². The van der Waals surface area contributed by atoms with Crippen LogP contribution in [-0.2, 0) is 11.2 Å². The van der Waals surface area contributed by atoms with E-state index in [1.54, 1.807) is 0 Å². The minimum atomic E-state index is -0.496. The molecule has 0 heterocycles. The molecule has 0 saturated carbocycles. The lowest BCUT2D eigenvalue weighted by Crippen LogP contribution is -2.38. The molecule has 0 unspecified atom stereocenters. The molecule has 0 aromatic heterocycles. The second kappa shape index (κ2) is 6.10. The lowest BCUT2D eigenvalue weighted by atomic mass is 10.1. The Morgan fingerprint density at radius 2 is 1.94 bits per heavy atom. The van der Waals surface area contributed by atoms with E-state index in [-0.39, 0.29) is 6.04 Å². The fourth-order valence-corrected chi connectivity index (χ4v) is 1.56. The Kier molecular flexibility index (Phi) is 5.03. The van der Waals surface area contributed by atoms with Crippen molar-refractivity contribution in [3.8, 4) is 0 Å². The summed E-state index contributed by atoms with van der Waals surface area (Å²) >= 11 is 5.80. The van der Waals surface area contributed by atoms with Gasteiger partial charge in [0.2, 0.25) is 0 Å². The summed E-state index contributed by atoms with van der Waals surface area (Å²) < 4.78 is 5.15. The zero-order chi connectivity index (χ0) is 13.8. The fourth-order valence-electron chi connectivity index (χ4n) is 1.43. The Labute approximate surface area is 113 Å². The largest absolute Gasteiger partial charge is 0.444 e. The van der Waals surface area contributed by atoms with E-state index in [1.165, 1.54) is 0 Å². The number of ether oxygens (including phenoxy) is 1. The number of alkyl carbamates (subject to hydrolysis) is 1. The van der Waals surface area contributed by atoms with Gasteiger partial charge in [0, 0.05) is 11.1 Å². The molecule has 1 N–H and O–H groups in total. The van der Waals surface area contributed by atoms with E-state index in [1.807, 2.05) is 45.0 Å². The molecule has 0 spiro atoms. The molecular formula is C14H19ClNO2. The van der Waals surface area contributed by atoms with Crippen molar-refractivity contribution in [2.75, 3.05) is 0 Å². The van der Waals surface area contributed by atoms with Gasteiger partial charge in [-0.05, 0) is 51.8 Å². The molecule has 4 heteroatoms. The van der Waals surface area contributed by atoms with Crippen LogP contribution in [0.1, 0.15) is 26.3 Å². The Hall–Kier alpha value is -1.22. The predicted molar refractivity (Wildman–Crippen MR) is 73.7 cm³/mol. The number of hydrogen-bond donors (Lipinski definition) is 1. The Morgan fingerprint density at radius 1 is 1.39 bits per heavy atom. The highest BCUT2D eigenvalue weighted by atomic mass is 35.5. The normalized spacial score (nSPS) is 12.9. The minimum Gasteiger partial charge on any atom is -0.444 e. The van der Waals surface area contributed by atoms with E-state index in [2.05, 4.69) is 12.2 Å². The summed E-state index contributed by atoms with van der Waals surface area (Å²) in [4.78, 5) is 11.5. The molecule has 3 nitrogen and oxygen atoms in total. The van der Waals surface area contributed by atoms with Crippen molar-refractivity contribution in [2.24, 2.45) is 0 Å². The highest BCUT2D eigenvalue weighted by Crippen LogP contribution is 2.11. The van der Waals surface area contributed by atoms with Gasteiger partial charge in [-0.15, -0.1) is 0 Å². The Bertz CT molecular complexity index is 395. The zero-order valence-corrected chi connectivity index (χ0v) is 11.8. The van der Waals surface area contributed by atoms with Crippen LogP contribution in [0.2, 0.25) is 5.02 Å². The highest BCUT2D eigenvalue weighted by molar-refractivity contribution is 6.30. The molecule has 0 bridgehead atoms. The third kappa shape index (κ3) is 5.92. The molecule has 1 rings (SSSR count). The number of halogens is 1. The molecular weight excluding hydrogens is 250 g/mol. The summed E-state index contributed by atoms with van der Waals surface area (Å²) in [5.74, 6) is 0. The first-order chi connectivity index (χ1) is 8.26. The van der Waals surface area contributed by atoms with Gasteiger partial charge in [-0.2, -0.15) is 0 Å². The topological polar surface area (TPSA) is 38.3 Å². The van der Waals surface area contributed by atoms with Gasteiger partial charge in [0.25, 0.3) is 0 Å². The van der Waals surface area contributed by atoms with Gasteiger partial charge in [-0.1, -0.05) is 23.7 Å². The standard InChI is InChI=1S/C14H19ClNO2/c1-10(16-13(17)18-14(2,3)4)9-11-5-7-12(15)8-6-11/h5-8,10H,1,9H2,2-4H3,(H,16,17)/t10-/m0/s1. The quantitative estimate of drug-likeness (QED) is 0.909. The number of rotatable bonds is 3. The maximum absolute atomic E-state index is 11.5. The van der Waals surface area contributed by atoms with Gasteiger partial charge >= 0.3 is 6.09 Å². The summed E-state index contributed by atoms with van der Waals surface area (Å²) in [6, 6.07) is 7.23. The number of amides is 1. The molecule has 0 aliphatic heterocycles. The summed E-state index contributed by atoms with van der Waals surface area (Å²) in [7, 11) is 0. The van der Waals surface area contributed by atoms with Gasteiger partial charge < -0.3 is 10.1 Å². The average molecular weight is 269 g/mol. The first kappa shape index (κ1) is 14.8. The molecule has 1 atom stereocenters. The SMILES string of the molecule is [CH2][C@@H](Cc1ccc(Cl)cc1)NC(=O)OC(C)(C)C. The van der Waals surface area contributed by atoms with E-state index in [4.69, 9.17) is 16.3 Å². The van der Waals surface area contributed by atoms with Crippen molar-refractivity contribution >= 4 is 17.7 Å². The highest BCUT2D eigenvalue weighted by Gasteiger charge is 2.17. The molecule has 1 aromatic rings. The van der Waals surface area contributed by atoms with Crippen LogP contribution in [0.25, 0.3) is 0 Å². The van der Waals surface area contributed by atoms with Crippen LogP contribution >= 0.6 is 11.6 Å². The second-order valence-corrected chi connectivity index (χ2v) is 5.61. The van der Waals surface area contributed by atoms with Gasteiger partial charge in [0.1, 0.15) is 5.60 Å². The zero-order valence-electron chi connectivity index (χ0n) is 11.0. The smallest absolute Gasteiger partial charge is 0.407 e. The summed E-state index contributed by atoms with van der Waals surface area (Å²) in [6.07, 6.45) is 0.188. The van der Waals surface area contributed by atoms with Crippen LogP contribution in [0.4, 0.5) is 4.79 Å². The van der Waals surface area contributed by atoms with Crippen molar-refractivity contribution in [1.82, 2.24) is 5.32 Å². The van der Waals surface area contributed by atoms with E-state index < -0.39 is 11.7 Å². The lowest BCUT2D eigenvalue weighted by Gasteiger charge is -2.22. The van der Waals surface area contributed by atoms with Crippen LogP contribution in [0.3, 0.4) is 0 Å². The molecule has 0 fully saturated rings. The van der Waals surface area contributed by atoms with Crippen LogP contribution in [0, 0.1) is 6.92 Å². The lowest BCUT2D eigenvalue weighted by molar-refractivity contribution is 0.0514. The van der Waals surface area contributed by atoms with Gasteiger partial charge in [0.05, 0.1) is 0 Å². The van der Waals surface area contributed by atoms with Gasteiger partial charge in [0.15, 0.2) is 0 Å². The summed E-state index contributed by atoms with van der Waals surface area (Å²) in [5, 5.41) is 3.39. The molecule has 1 radical (unpaired) electrons. The average Bonchev–Trinajstić information content (AvgIpc) is 2.18. The molecule has 18 heavy (non-hydrogen) atoms. The first-order valence-corrected chi connectivity index (χ1v) is 6.21. The number of carbonyl (C=O) groups excluding carboxylic acids is 1. The number of carbonyl (C=O) groups is 1. The van der Waals surface area contributed by atoms with Crippen LogP contribution in [-0.4, -0.2) is 17.7 Å². The van der Waals surface area contributed by atoms with Crippen molar-refractivity contribution in [2.45, 2.75) is 38.8 Å². The maximum Gasteiger partial charge on any atom is 0.407 e. The predicted octanol–water partition coefficient (Wildman–Crippen LogP) is 3.61. The second-order valence-electron chi connectivity index (χ2n) is 5.17. The summed E-state index contributed by atoms with van der Waals surface area (Å²) in [6.45, 7) is 9.35. The molecule has 1 amide bonds. The van der Waals surface area contributed by atoms with Crippen molar-refractivity contribution in [3.63, 3.8) is 0 Å². The molecule has 0 saturated heterocycles. The van der Waals surface area contributed by atoms with Gasteiger partial charge in [-0.3, -0.25) is 0 Å². The number of benzene rings is 1. The van der Waals surface area contributed by atoms with E-state index in [9.17, 15) is 4.79 Å². The number of nitrogens with one attached hydrogen (secondary N) is 1. The molecule has 0 aliphatic rings. The summed E-state index contributed by atoms with van der Waals surface area (Å²) in [5.41, 5.74) is 0.569.